The van der Waals surface area contributed by atoms with Crippen molar-refractivity contribution in [3.63, 3.8) is 0 Å². The Kier molecular flexibility index (Phi) is 1.77. The first kappa shape index (κ1) is 6.19. The fourth-order valence-corrected chi connectivity index (χ4v) is 0.648. The summed E-state index contributed by atoms with van der Waals surface area (Å²) in [5, 5.41) is 9.77. The second-order valence-corrected chi connectivity index (χ2v) is 2.26. The molecule has 0 radical (unpaired) electrons. The van der Waals surface area contributed by atoms with Gasteiger partial charge in [0.15, 0.2) is 0 Å². The number of aromatic nitrogens is 3. The van der Waals surface area contributed by atoms with Crippen molar-refractivity contribution in [2.24, 2.45) is 0 Å². The molecule has 9 heavy (non-hydrogen) atoms. The van der Waals surface area contributed by atoms with Gasteiger partial charge in [0.2, 0.25) is 0 Å². The second kappa shape index (κ2) is 2.57. The van der Waals surface area contributed by atoms with Crippen LogP contribution in [0.3, 0.4) is 0 Å². The normalized spacial score (nSPS) is 11.0. The monoisotopic (exact) mass is 144 g/mol. The average molecular weight is 144 g/mol. The first-order chi connectivity index (χ1) is 4.30. The predicted octanol–water partition coefficient (Wildman–Crippen LogP) is -0.768. The molecule has 0 bridgehead atoms. The first-order valence-electron chi connectivity index (χ1n) is 2.11. The van der Waals surface area contributed by atoms with Crippen molar-refractivity contribution in [2.75, 3.05) is 0 Å². The SMILES string of the molecule is O=[P+](O)c1ccnnn1. The van der Waals surface area contributed by atoms with Gasteiger partial charge in [-0.2, -0.15) is 4.89 Å². The van der Waals surface area contributed by atoms with Crippen LogP contribution in [0.1, 0.15) is 0 Å². The third-order valence-electron chi connectivity index (χ3n) is 0.685. The largest absolute Gasteiger partial charge is 0.568 e. The van der Waals surface area contributed by atoms with E-state index in [0.29, 0.717) is 0 Å². The molecular weight excluding hydrogens is 141 g/mol. The highest BCUT2D eigenvalue weighted by Gasteiger charge is 2.17. The molecule has 0 saturated carbocycles. The molecule has 0 amide bonds. The molecule has 1 aromatic rings. The smallest absolute Gasteiger partial charge is 0.155 e. The van der Waals surface area contributed by atoms with E-state index in [2.05, 4.69) is 15.4 Å². The van der Waals surface area contributed by atoms with Crippen molar-refractivity contribution in [2.45, 2.75) is 0 Å². The summed E-state index contributed by atoms with van der Waals surface area (Å²) in [7, 11) is -2.36. The fourth-order valence-electron chi connectivity index (χ4n) is 0.337. The molecule has 1 atom stereocenters. The molecule has 5 nitrogen and oxygen atoms in total. The molecule has 0 aromatic carbocycles. The van der Waals surface area contributed by atoms with Gasteiger partial charge >= 0.3 is 13.5 Å². The maximum absolute atomic E-state index is 10.2. The Morgan fingerprint density at radius 3 is 2.78 bits per heavy atom. The fraction of sp³-hybridized carbons (Fsp3) is 0. The highest BCUT2D eigenvalue weighted by atomic mass is 31.1. The van der Waals surface area contributed by atoms with Crippen LogP contribution in [0.25, 0.3) is 0 Å². The minimum absolute atomic E-state index is 0.0556. The molecule has 0 aliphatic rings. The molecule has 0 aliphatic carbocycles. The Hall–Kier alpha value is -0.930. The first-order valence-corrected chi connectivity index (χ1v) is 3.32. The summed E-state index contributed by atoms with van der Waals surface area (Å²) < 4.78 is 10.2. The molecule has 46 valence electrons. The quantitative estimate of drug-likeness (QED) is 0.524. The molecule has 1 aromatic heterocycles. The minimum atomic E-state index is -2.36. The molecule has 1 rings (SSSR count). The van der Waals surface area contributed by atoms with Crippen molar-refractivity contribution < 1.29 is 9.46 Å². The van der Waals surface area contributed by atoms with Gasteiger partial charge in [-0.25, -0.2) is 0 Å². The summed E-state index contributed by atoms with van der Waals surface area (Å²) in [6, 6.07) is 1.34. The number of rotatable bonds is 1. The van der Waals surface area contributed by atoms with Crippen LogP contribution in [0.2, 0.25) is 0 Å². The molecule has 1 N–H and O–H groups in total. The van der Waals surface area contributed by atoms with E-state index >= 15 is 0 Å². The summed E-state index contributed by atoms with van der Waals surface area (Å²) in [4.78, 5) is 8.40. The molecule has 0 spiro atoms. The van der Waals surface area contributed by atoms with Gasteiger partial charge in [-0.05, 0) is 9.78 Å². The molecule has 0 saturated heterocycles. The maximum atomic E-state index is 10.2. The van der Waals surface area contributed by atoms with Gasteiger partial charge in [-0.1, -0.05) is 5.10 Å². The van der Waals surface area contributed by atoms with Gasteiger partial charge in [0.25, 0.3) is 0 Å². The molecular formula is C3H3N3O2P+. The number of nitrogens with zero attached hydrogens (tertiary/aromatic N) is 3. The minimum Gasteiger partial charge on any atom is -0.155 e. The zero-order valence-corrected chi connectivity index (χ0v) is 5.19. The average Bonchev–Trinajstić information content (AvgIpc) is 1.90. The molecule has 0 aliphatic heterocycles. The van der Waals surface area contributed by atoms with E-state index in [-0.39, 0.29) is 5.44 Å². The Labute approximate surface area is 51.6 Å². The Bertz CT molecular complexity index is 214. The van der Waals surface area contributed by atoms with Gasteiger partial charge in [-0.3, -0.25) is 0 Å². The van der Waals surface area contributed by atoms with Crippen molar-refractivity contribution in [1.82, 2.24) is 15.4 Å². The summed E-state index contributed by atoms with van der Waals surface area (Å²) in [5.74, 6) is 0. The van der Waals surface area contributed by atoms with Crippen molar-refractivity contribution in [1.29, 1.82) is 0 Å². The predicted molar refractivity (Wildman–Crippen MR) is 29.3 cm³/mol. The highest BCUT2D eigenvalue weighted by molar-refractivity contribution is 7.46. The van der Waals surface area contributed by atoms with Gasteiger partial charge in [0, 0.05) is 6.07 Å². The topological polar surface area (TPSA) is 76.0 Å². The molecule has 6 heteroatoms. The number of hydrogen-bond donors (Lipinski definition) is 1. The maximum Gasteiger partial charge on any atom is 0.568 e. The Balaban J connectivity index is 2.98. The van der Waals surface area contributed by atoms with Crippen molar-refractivity contribution in [3.8, 4) is 0 Å². The summed E-state index contributed by atoms with van der Waals surface area (Å²) >= 11 is 0. The summed E-state index contributed by atoms with van der Waals surface area (Å²) in [6.07, 6.45) is 1.31. The van der Waals surface area contributed by atoms with Crippen LogP contribution in [0.4, 0.5) is 0 Å². The lowest BCUT2D eigenvalue weighted by Crippen LogP contribution is -2.04. The van der Waals surface area contributed by atoms with E-state index in [1.54, 1.807) is 0 Å². The van der Waals surface area contributed by atoms with Gasteiger partial charge in [0.05, 0.1) is 6.20 Å². The Morgan fingerprint density at radius 1 is 1.67 bits per heavy atom. The Morgan fingerprint density at radius 2 is 2.44 bits per heavy atom. The van der Waals surface area contributed by atoms with Crippen molar-refractivity contribution in [3.05, 3.63) is 12.3 Å². The standard InChI is InChI=1S/C3H2N3O2P/c7-9(8)3-1-2-4-6-5-3/h1-2H/p+1. The van der Waals surface area contributed by atoms with Crippen LogP contribution in [0, 0.1) is 0 Å². The molecule has 0 fully saturated rings. The van der Waals surface area contributed by atoms with Crippen LogP contribution in [-0.2, 0) is 4.57 Å². The lowest BCUT2D eigenvalue weighted by molar-refractivity contribution is 0.511. The van der Waals surface area contributed by atoms with E-state index in [9.17, 15) is 4.57 Å². The number of hydrogen-bond acceptors (Lipinski definition) is 4. The van der Waals surface area contributed by atoms with E-state index in [4.69, 9.17) is 4.89 Å². The van der Waals surface area contributed by atoms with Gasteiger partial charge < -0.3 is 0 Å². The third-order valence-corrected chi connectivity index (χ3v) is 1.32. The molecule has 1 heterocycles. The third kappa shape index (κ3) is 1.48. The summed E-state index contributed by atoms with van der Waals surface area (Å²) in [5.41, 5.74) is 0.0556. The van der Waals surface area contributed by atoms with Crippen LogP contribution in [0.15, 0.2) is 12.3 Å². The molecule has 1 unspecified atom stereocenters. The van der Waals surface area contributed by atoms with Crippen molar-refractivity contribution >= 4 is 13.5 Å². The second-order valence-electron chi connectivity index (χ2n) is 1.25. The van der Waals surface area contributed by atoms with E-state index in [1.807, 2.05) is 0 Å². The van der Waals surface area contributed by atoms with Crippen LogP contribution in [-0.4, -0.2) is 20.3 Å². The lowest BCUT2D eigenvalue weighted by Gasteiger charge is -1.74. The highest BCUT2D eigenvalue weighted by Crippen LogP contribution is 2.07. The van der Waals surface area contributed by atoms with E-state index in [1.165, 1.54) is 12.3 Å². The van der Waals surface area contributed by atoms with Crippen LogP contribution < -0.4 is 5.44 Å². The zero-order chi connectivity index (χ0) is 6.69. The van der Waals surface area contributed by atoms with Gasteiger partial charge in [0.1, 0.15) is 0 Å². The van der Waals surface area contributed by atoms with E-state index < -0.39 is 8.03 Å². The lowest BCUT2D eigenvalue weighted by atomic mass is 10.7. The summed E-state index contributed by atoms with van der Waals surface area (Å²) in [6.45, 7) is 0. The zero-order valence-electron chi connectivity index (χ0n) is 4.30. The van der Waals surface area contributed by atoms with E-state index in [0.717, 1.165) is 0 Å². The van der Waals surface area contributed by atoms with Crippen LogP contribution >= 0.6 is 8.03 Å². The van der Waals surface area contributed by atoms with Gasteiger partial charge in [-0.15, -0.1) is 5.10 Å². The van der Waals surface area contributed by atoms with Crippen LogP contribution in [0.5, 0.6) is 0 Å².